The van der Waals surface area contributed by atoms with Crippen molar-refractivity contribution in [2.45, 2.75) is 17.9 Å². The summed E-state index contributed by atoms with van der Waals surface area (Å²) in [4.78, 5) is 0.238. The maximum atomic E-state index is 12.3. The molecule has 1 aromatic carbocycles. The number of nitrogens with one attached hydrogen (secondary N) is 2. The number of hydrogen-bond acceptors (Lipinski definition) is 4. The van der Waals surface area contributed by atoms with Gasteiger partial charge >= 0.3 is 0 Å². The molecule has 3 rings (SSSR count). The van der Waals surface area contributed by atoms with E-state index in [4.69, 9.17) is 5.26 Å². The molecular weight excluding hydrogens is 298 g/mol. The van der Waals surface area contributed by atoms with Gasteiger partial charge in [0, 0.05) is 6.04 Å². The van der Waals surface area contributed by atoms with Crippen LogP contribution in [-0.4, -0.2) is 27.5 Å². The molecule has 2 fully saturated rings. The third-order valence-corrected chi connectivity index (χ3v) is 5.47. The Morgan fingerprint density at radius 2 is 2.00 bits per heavy atom. The fraction of sp³-hybridized carbons (Fsp3) is 0.462. The summed E-state index contributed by atoms with van der Waals surface area (Å²) in [6, 6.07) is 6.71. The number of fused-ring (bicyclic) bond motifs is 1. The smallest absolute Gasteiger partial charge is 0.240 e. The summed E-state index contributed by atoms with van der Waals surface area (Å²) in [5.41, 5.74) is 1.19. The lowest BCUT2D eigenvalue weighted by Crippen LogP contribution is -2.32. The molecule has 0 amide bonds. The van der Waals surface area contributed by atoms with Crippen molar-refractivity contribution in [3.8, 4) is 6.07 Å². The van der Waals surface area contributed by atoms with Crippen LogP contribution in [0.2, 0.25) is 0 Å². The van der Waals surface area contributed by atoms with Crippen molar-refractivity contribution in [3.63, 3.8) is 0 Å². The summed E-state index contributed by atoms with van der Waals surface area (Å²) in [7, 11) is -3.47. The predicted molar refractivity (Wildman–Crippen MR) is 77.1 cm³/mol. The summed E-state index contributed by atoms with van der Waals surface area (Å²) in [5, 5.41) is 12.1. The first-order valence-electron chi connectivity index (χ1n) is 6.27. The first kappa shape index (κ1) is 15.3. The van der Waals surface area contributed by atoms with Crippen LogP contribution >= 0.6 is 12.4 Å². The van der Waals surface area contributed by atoms with Crippen molar-refractivity contribution < 1.29 is 8.42 Å². The number of sulfonamides is 1. The van der Waals surface area contributed by atoms with Crippen LogP contribution in [0.3, 0.4) is 0 Å². The van der Waals surface area contributed by atoms with Gasteiger partial charge in [-0.15, -0.1) is 12.4 Å². The molecule has 7 heteroatoms. The standard InChI is InChI=1S/C13H15N3O2S.ClH/c1-8-4-10(3-2-9(8)5-14)19(17,18)16-13-11-6-15-7-12(11)13;/h2-4,11-13,15-16H,6-7H2,1H3;1H. The molecule has 1 heterocycles. The molecule has 2 unspecified atom stereocenters. The molecule has 1 aromatic rings. The van der Waals surface area contributed by atoms with Crippen molar-refractivity contribution >= 4 is 22.4 Å². The summed E-state index contributed by atoms with van der Waals surface area (Å²) in [6.07, 6.45) is 0. The van der Waals surface area contributed by atoms with Crippen LogP contribution in [0.15, 0.2) is 23.1 Å². The van der Waals surface area contributed by atoms with E-state index in [0.29, 0.717) is 23.0 Å². The minimum absolute atomic E-state index is 0. The molecule has 20 heavy (non-hydrogen) atoms. The van der Waals surface area contributed by atoms with Crippen LogP contribution in [0.1, 0.15) is 11.1 Å². The molecule has 0 aromatic heterocycles. The highest BCUT2D eigenvalue weighted by atomic mass is 35.5. The van der Waals surface area contributed by atoms with Gasteiger partial charge in [-0.3, -0.25) is 0 Å². The number of aryl methyl sites for hydroxylation is 1. The van der Waals surface area contributed by atoms with Gasteiger partial charge in [-0.05, 0) is 55.6 Å². The first-order valence-corrected chi connectivity index (χ1v) is 7.75. The second-order valence-corrected chi connectivity index (χ2v) is 6.94. The highest BCUT2D eigenvalue weighted by Crippen LogP contribution is 2.42. The highest BCUT2D eigenvalue weighted by Gasteiger charge is 2.54. The Balaban J connectivity index is 0.00000147. The first-order chi connectivity index (χ1) is 9.03. The van der Waals surface area contributed by atoms with Gasteiger partial charge < -0.3 is 5.32 Å². The van der Waals surface area contributed by atoms with Gasteiger partial charge in [-0.25, -0.2) is 13.1 Å². The molecular formula is C13H16ClN3O2S. The summed E-state index contributed by atoms with van der Waals surface area (Å²) < 4.78 is 27.3. The SMILES string of the molecule is Cc1cc(S(=O)(=O)NC2C3CNCC32)ccc1C#N.Cl. The molecule has 0 radical (unpaired) electrons. The number of benzene rings is 1. The van der Waals surface area contributed by atoms with Crippen molar-refractivity contribution in [3.05, 3.63) is 29.3 Å². The third-order valence-electron chi connectivity index (χ3n) is 4.01. The molecule has 2 atom stereocenters. The average Bonchev–Trinajstić information content (AvgIpc) is 2.82. The Labute approximate surface area is 124 Å². The van der Waals surface area contributed by atoms with Gasteiger partial charge in [0.15, 0.2) is 0 Å². The summed E-state index contributed by atoms with van der Waals surface area (Å²) in [5.74, 6) is 0.878. The molecule has 108 valence electrons. The number of rotatable bonds is 3. The molecule has 0 spiro atoms. The lowest BCUT2D eigenvalue weighted by molar-refractivity contribution is 0.565. The van der Waals surface area contributed by atoms with Crippen molar-refractivity contribution in [1.82, 2.24) is 10.0 Å². The van der Waals surface area contributed by atoms with Gasteiger partial charge in [-0.2, -0.15) is 5.26 Å². The van der Waals surface area contributed by atoms with Crippen LogP contribution in [0.25, 0.3) is 0 Å². The van der Waals surface area contributed by atoms with Gasteiger partial charge in [0.05, 0.1) is 16.5 Å². The second kappa shape index (κ2) is 5.34. The summed E-state index contributed by atoms with van der Waals surface area (Å²) >= 11 is 0. The van der Waals surface area contributed by atoms with Crippen LogP contribution < -0.4 is 10.0 Å². The lowest BCUT2D eigenvalue weighted by atomic mass is 10.1. The molecule has 0 bridgehead atoms. The van der Waals surface area contributed by atoms with Crippen LogP contribution in [0.5, 0.6) is 0 Å². The number of nitrogens with zero attached hydrogens (tertiary/aromatic N) is 1. The zero-order chi connectivity index (χ0) is 13.6. The lowest BCUT2D eigenvalue weighted by Gasteiger charge is -2.09. The minimum Gasteiger partial charge on any atom is -0.316 e. The van der Waals surface area contributed by atoms with Crippen molar-refractivity contribution in [2.75, 3.05) is 13.1 Å². The van der Waals surface area contributed by atoms with Crippen LogP contribution in [0.4, 0.5) is 0 Å². The minimum atomic E-state index is -3.47. The Morgan fingerprint density at radius 1 is 1.35 bits per heavy atom. The van der Waals surface area contributed by atoms with E-state index in [2.05, 4.69) is 10.0 Å². The van der Waals surface area contributed by atoms with E-state index in [-0.39, 0.29) is 23.3 Å². The molecule has 1 saturated heterocycles. The number of hydrogen-bond donors (Lipinski definition) is 2. The zero-order valence-corrected chi connectivity index (χ0v) is 12.6. The zero-order valence-electron chi connectivity index (χ0n) is 11.0. The van der Waals surface area contributed by atoms with Crippen LogP contribution in [-0.2, 0) is 10.0 Å². The Kier molecular flexibility index (Phi) is 4.07. The van der Waals surface area contributed by atoms with E-state index < -0.39 is 10.0 Å². The maximum Gasteiger partial charge on any atom is 0.240 e. The molecule has 5 nitrogen and oxygen atoms in total. The molecule has 1 aliphatic heterocycles. The maximum absolute atomic E-state index is 12.3. The molecule has 2 N–H and O–H groups in total. The normalized spacial score (nSPS) is 27.3. The molecule has 2 aliphatic rings. The van der Waals surface area contributed by atoms with E-state index >= 15 is 0 Å². The van der Waals surface area contributed by atoms with E-state index in [9.17, 15) is 8.42 Å². The largest absolute Gasteiger partial charge is 0.316 e. The van der Waals surface area contributed by atoms with Crippen molar-refractivity contribution in [1.29, 1.82) is 5.26 Å². The fourth-order valence-corrected chi connectivity index (χ4v) is 4.19. The number of halogens is 1. The Morgan fingerprint density at radius 3 is 2.55 bits per heavy atom. The van der Waals surface area contributed by atoms with Gasteiger partial charge in [-0.1, -0.05) is 0 Å². The second-order valence-electron chi connectivity index (χ2n) is 5.22. The summed E-state index contributed by atoms with van der Waals surface area (Å²) in [6.45, 7) is 3.53. The highest BCUT2D eigenvalue weighted by molar-refractivity contribution is 7.89. The topological polar surface area (TPSA) is 82.0 Å². The Hall–Kier alpha value is -1.13. The fourth-order valence-electron chi connectivity index (χ4n) is 2.77. The van der Waals surface area contributed by atoms with E-state index in [0.717, 1.165) is 13.1 Å². The Bertz CT molecular complexity index is 659. The van der Waals surface area contributed by atoms with Gasteiger partial charge in [0.25, 0.3) is 0 Å². The number of nitriles is 1. The van der Waals surface area contributed by atoms with Crippen molar-refractivity contribution in [2.24, 2.45) is 11.8 Å². The van der Waals surface area contributed by atoms with Crippen LogP contribution in [0, 0.1) is 30.1 Å². The molecule has 1 saturated carbocycles. The third kappa shape index (κ3) is 2.54. The van der Waals surface area contributed by atoms with E-state index in [1.165, 1.54) is 6.07 Å². The predicted octanol–water partition coefficient (Wildman–Crippen LogP) is 0.785. The average molecular weight is 314 g/mol. The van der Waals surface area contributed by atoms with E-state index in [1.54, 1.807) is 19.1 Å². The molecule has 1 aliphatic carbocycles. The quantitative estimate of drug-likeness (QED) is 0.864. The van der Waals surface area contributed by atoms with Gasteiger partial charge in [0.1, 0.15) is 0 Å². The van der Waals surface area contributed by atoms with Gasteiger partial charge in [0.2, 0.25) is 10.0 Å². The van der Waals surface area contributed by atoms with E-state index in [1.807, 2.05) is 6.07 Å². The number of piperidine rings is 1. The monoisotopic (exact) mass is 313 g/mol.